The first kappa shape index (κ1) is 24.9. The van der Waals surface area contributed by atoms with E-state index in [1.807, 2.05) is 19.9 Å². The number of ketones is 2. The minimum atomic E-state index is -1.35. The van der Waals surface area contributed by atoms with E-state index in [1.54, 1.807) is 13.8 Å². The molecule has 1 atom stereocenters. The highest BCUT2D eigenvalue weighted by Crippen LogP contribution is 2.37. The molecule has 0 aromatic carbocycles. The van der Waals surface area contributed by atoms with Crippen molar-refractivity contribution in [2.45, 2.75) is 85.2 Å². The van der Waals surface area contributed by atoms with E-state index in [1.165, 1.54) is 5.57 Å². The molecule has 5 nitrogen and oxygen atoms in total. The van der Waals surface area contributed by atoms with Gasteiger partial charge in [-0.25, -0.2) is 0 Å². The summed E-state index contributed by atoms with van der Waals surface area (Å²) in [6.07, 6.45) is 10.9. The third kappa shape index (κ3) is 6.30. The number of aliphatic hydroxyl groups is 3. The molecule has 0 spiro atoms. The Morgan fingerprint density at radius 1 is 0.806 bits per heavy atom. The van der Waals surface area contributed by atoms with E-state index in [0.717, 1.165) is 36.8 Å². The van der Waals surface area contributed by atoms with Gasteiger partial charge in [-0.2, -0.15) is 0 Å². The van der Waals surface area contributed by atoms with Crippen LogP contribution in [0.1, 0.15) is 79.6 Å². The molecule has 170 valence electrons. The molecule has 3 aliphatic rings. The maximum Gasteiger partial charge on any atom is 0.227 e. The molecule has 0 aliphatic heterocycles. The smallest absolute Gasteiger partial charge is 0.227 e. The molecule has 3 aliphatic carbocycles. The van der Waals surface area contributed by atoms with Crippen molar-refractivity contribution in [3.8, 4) is 0 Å². The Hall–Kier alpha value is -2.40. The highest BCUT2D eigenvalue weighted by molar-refractivity contribution is 6.23. The molecular formula is C26H36O5. The van der Waals surface area contributed by atoms with Gasteiger partial charge < -0.3 is 15.3 Å². The van der Waals surface area contributed by atoms with Gasteiger partial charge in [0, 0.05) is 5.92 Å². The number of carbonyl (C=O) groups is 2. The van der Waals surface area contributed by atoms with Crippen LogP contribution >= 0.6 is 0 Å². The summed E-state index contributed by atoms with van der Waals surface area (Å²) < 4.78 is 0. The zero-order valence-electron chi connectivity index (χ0n) is 19.4. The predicted octanol–water partition coefficient (Wildman–Crippen LogP) is 5.73. The first-order valence-electron chi connectivity index (χ1n) is 11.1. The number of allylic oxidation sites excluding steroid dienone is 8. The summed E-state index contributed by atoms with van der Waals surface area (Å²) in [5.74, 6) is -3.58. The van der Waals surface area contributed by atoms with Crippen molar-refractivity contribution < 1.29 is 24.9 Å². The average Bonchev–Trinajstić information content (AvgIpc) is 2.67. The first-order valence-corrected chi connectivity index (χ1v) is 11.1. The van der Waals surface area contributed by atoms with Gasteiger partial charge in [-0.15, -0.1) is 0 Å². The summed E-state index contributed by atoms with van der Waals surface area (Å²) in [6, 6.07) is 0. The molecule has 31 heavy (non-hydrogen) atoms. The summed E-state index contributed by atoms with van der Waals surface area (Å²) >= 11 is 0. The van der Waals surface area contributed by atoms with Crippen molar-refractivity contribution in [1.82, 2.24) is 0 Å². The Kier molecular flexibility index (Phi) is 8.24. The van der Waals surface area contributed by atoms with Crippen LogP contribution in [0.15, 0.2) is 57.6 Å². The molecule has 3 rings (SSSR count). The van der Waals surface area contributed by atoms with Crippen LogP contribution in [0.5, 0.6) is 0 Å². The first-order chi connectivity index (χ1) is 14.4. The molecule has 0 unspecified atom stereocenters. The summed E-state index contributed by atoms with van der Waals surface area (Å²) in [7, 11) is 0. The molecular weight excluding hydrogens is 392 g/mol. The van der Waals surface area contributed by atoms with E-state index in [9.17, 15) is 24.9 Å². The molecule has 3 N–H and O–H groups in total. The van der Waals surface area contributed by atoms with E-state index >= 15 is 0 Å². The normalized spacial score (nSPS) is 28.3. The Morgan fingerprint density at radius 3 is 1.87 bits per heavy atom. The quantitative estimate of drug-likeness (QED) is 0.366. The maximum absolute atomic E-state index is 13.0. The van der Waals surface area contributed by atoms with E-state index in [-0.39, 0.29) is 17.6 Å². The van der Waals surface area contributed by atoms with Gasteiger partial charge in [-0.05, 0) is 79.6 Å². The Morgan fingerprint density at radius 2 is 1.32 bits per heavy atom. The lowest BCUT2D eigenvalue weighted by Crippen LogP contribution is -2.38. The van der Waals surface area contributed by atoms with E-state index < -0.39 is 34.6 Å². The lowest BCUT2D eigenvalue weighted by atomic mass is 9.75. The van der Waals surface area contributed by atoms with Gasteiger partial charge in [-0.3, -0.25) is 9.59 Å². The molecule has 0 fully saturated rings. The van der Waals surface area contributed by atoms with Crippen LogP contribution in [0.4, 0.5) is 0 Å². The number of fused-ring (bicyclic) bond motifs is 12. The van der Waals surface area contributed by atoms with Gasteiger partial charge in [0.1, 0.15) is 0 Å². The highest BCUT2D eigenvalue weighted by Gasteiger charge is 2.42. The van der Waals surface area contributed by atoms with E-state index in [4.69, 9.17) is 0 Å². The van der Waals surface area contributed by atoms with Gasteiger partial charge in [0.25, 0.3) is 0 Å². The molecule has 0 aromatic rings. The predicted molar refractivity (Wildman–Crippen MR) is 123 cm³/mol. The minimum absolute atomic E-state index is 0.0807. The van der Waals surface area contributed by atoms with Gasteiger partial charge in [0.2, 0.25) is 11.6 Å². The zero-order valence-corrected chi connectivity index (χ0v) is 19.4. The molecule has 2 bridgehead atoms. The third-order valence-electron chi connectivity index (χ3n) is 6.24. The second-order valence-electron chi connectivity index (χ2n) is 9.43. The molecule has 0 heterocycles. The lowest BCUT2D eigenvalue weighted by Gasteiger charge is -2.33. The fourth-order valence-electron chi connectivity index (χ4n) is 4.16. The van der Waals surface area contributed by atoms with Crippen LogP contribution < -0.4 is 0 Å². The molecule has 0 aromatic heterocycles. The molecule has 0 saturated heterocycles. The standard InChI is InChI=1S/C26H36O5/c1-16-8-6-10-17(2)12-14-19-22(27)24(29)21(25(30)23(19)28)20(26(4,5)31)15-13-18(3)11-7-9-16/h8,11-12,20,27,30-31H,6-7,9-10,13-15H2,1-5H3/b16-8-,17-12-,18-11-/t20-/m1/s1. The second-order valence-corrected chi connectivity index (χ2v) is 9.43. The topological polar surface area (TPSA) is 94.8 Å². The summed E-state index contributed by atoms with van der Waals surface area (Å²) in [6.45, 7) is 9.19. The molecule has 0 radical (unpaired) electrons. The second kappa shape index (κ2) is 10.3. The van der Waals surface area contributed by atoms with Crippen LogP contribution in [0, 0.1) is 5.92 Å². The number of aliphatic hydroxyl groups excluding tert-OH is 2. The van der Waals surface area contributed by atoms with Crippen LogP contribution in [-0.4, -0.2) is 32.5 Å². The molecule has 0 saturated carbocycles. The Bertz CT molecular complexity index is 887. The van der Waals surface area contributed by atoms with Gasteiger partial charge >= 0.3 is 0 Å². The summed E-state index contributed by atoms with van der Waals surface area (Å²) in [4.78, 5) is 25.8. The number of hydrogen-bond donors (Lipinski definition) is 3. The average molecular weight is 429 g/mol. The van der Waals surface area contributed by atoms with E-state index in [0.29, 0.717) is 12.8 Å². The number of Topliss-reactive ketones (excluding diaryl/α,β-unsaturated/α-hetero) is 2. The summed E-state index contributed by atoms with van der Waals surface area (Å²) in [5, 5.41) is 31.9. The van der Waals surface area contributed by atoms with Crippen molar-refractivity contribution in [1.29, 1.82) is 0 Å². The number of rotatable bonds is 1. The SMILES string of the molecule is C/C1=C/CC/C(C)=C\CC2=C(O)C(=O)C(=C(O)C2=O)[C@H](C(C)(C)O)CC/C(C)=C\CC1. The Labute approximate surface area is 185 Å². The monoisotopic (exact) mass is 428 g/mol. The zero-order chi connectivity index (χ0) is 23.3. The molecule has 0 amide bonds. The van der Waals surface area contributed by atoms with Crippen LogP contribution in [0.25, 0.3) is 0 Å². The van der Waals surface area contributed by atoms with Gasteiger partial charge in [0.05, 0.1) is 16.7 Å². The largest absolute Gasteiger partial charge is 0.504 e. The van der Waals surface area contributed by atoms with Crippen LogP contribution in [0.3, 0.4) is 0 Å². The third-order valence-corrected chi connectivity index (χ3v) is 6.24. The van der Waals surface area contributed by atoms with Crippen molar-refractivity contribution in [2.75, 3.05) is 0 Å². The van der Waals surface area contributed by atoms with Gasteiger partial charge in [0.15, 0.2) is 11.5 Å². The maximum atomic E-state index is 13.0. The van der Waals surface area contributed by atoms with Crippen molar-refractivity contribution in [3.63, 3.8) is 0 Å². The molecule has 5 heteroatoms. The lowest BCUT2D eigenvalue weighted by molar-refractivity contribution is -0.121. The van der Waals surface area contributed by atoms with Crippen molar-refractivity contribution >= 4 is 11.6 Å². The summed E-state index contributed by atoms with van der Waals surface area (Å²) in [5.41, 5.74) is 1.87. The number of hydrogen-bond acceptors (Lipinski definition) is 5. The van der Waals surface area contributed by atoms with Crippen LogP contribution in [-0.2, 0) is 9.59 Å². The van der Waals surface area contributed by atoms with Crippen molar-refractivity contribution in [2.24, 2.45) is 5.92 Å². The van der Waals surface area contributed by atoms with Crippen LogP contribution in [0.2, 0.25) is 0 Å². The Balaban J connectivity index is 2.51. The van der Waals surface area contributed by atoms with E-state index in [2.05, 4.69) is 19.1 Å². The highest BCUT2D eigenvalue weighted by atomic mass is 16.3. The fraction of sp³-hybridized carbons (Fsp3) is 0.538. The number of carbonyl (C=O) groups excluding carboxylic acids is 2. The minimum Gasteiger partial charge on any atom is -0.504 e. The fourth-order valence-corrected chi connectivity index (χ4v) is 4.16. The van der Waals surface area contributed by atoms with Crippen molar-refractivity contribution in [3.05, 3.63) is 57.6 Å². The van der Waals surface area contributed by atoms with Gasteiger partial charge in [-0.1, -0.05) is 34.9 Å².